The molecular formula is C24H37NO8. The molecule has 1 rings (SSSR count). The van der Waals surface area contributed by atoms with Gasteiger partial charge in [0.25, 0.3) is 0 Å². The highest BCUT2D eigenvalue weighted by Crippen LogP contribution is 2.30. The van der Waals surface area contributed by atoms with Gasteiger partial charge in [-0.15, -0.1) is 0 Å². The average Bonchev–Trinajstić information content (AvgIpc) is 2.76. The molecule has 0 saturated carbocycles. The number of ether oxygens (including phenoxy) is 5. The second kappa shape index (κ2) is 14.4. The van der Waals surface area contributed by atoms with E-state index in [2.05, 4.69) is 0 Å². The van der Waals surface area contributed by atoms with Crippen LogP contribution in [0, 0.1) is 11.8 Å². The summed E-state index contributed by atoms with van der Waals surface area (Å²) in [7, 11) is 0. The van der Waals surface area contributed by atoms with Crippen LogP contribution in [0.2, 0.25) is 0 Å². The molecule has 2 unspecified atom stereocenters. The molecule has 0 heterocycles. The van der Waals surface area contributed by atoms with Crippen LogP contribution in [0.15, 0.2) is 18.2 Å². The predicted octanol–water partition coefficient (Wildman–Crippen LogP) is 4.63. The average molecular weight is 468 g/mol. The van der Waals surface area contributed by atoms with E-state index in [9.17, 15) is 14.4 Å². The summed E-state index contributed by atoms with van der Waals surface area (Å²) < 4.78 is 25.9. The zero-order chi connectivity index (χ0) is 25.0. The van der Waals surface area contributed by atoms with E-state index in [1.54, 1.807) is 19.9 Å². The fourth-order valence-corrected chi connectivity index (χ4v) is 2.40. The molecular weight excluding hydrogens is 430 g/mol. The highest BCUT2D eigenvalue weighted by molar-refractivity contribution is 5.76. The van der Waals surface area contributed by atoms with E-state index in [1.807, 2.05) is 27.7 Å². The Morgan fingerprint density at radius 1 is 0.848 bits per heavy atom. The first kappa shape index (κ1) is 28.2. The van der Waals surface area contributed by atoms with Crippen LogP contribution in [-0.2, 0) is 25.4 Å². The van der Waals surface area contributed by atoms with E-state index in [4.69, 9.17) is 29.4 Å². The van der Waals surface area contributed by atoms with Crippen molar-refractivity contribution in [1.82, 2.24) is 0 Å². The van der Waals surface area contributed by atoms with Gasteiger partial charge in [-0.2, -0.15) is 0 Å². The highest BCUT2D eigenvalue weighted by atomic mass is 16.7. The van der Waals surface area contributed by atoms with Crippen molar-refractivity contribution in [3.8, 4) is 11.5 Å². The Kier molecular flexibility index (Phi) is 12.3. The van der Waals surface area contributed by atoms with Crippen LogP contribution in [0.5, 0.6) is 11.5 Å². The summed E-state index contributed by atoms with van der Waals surface area (Å²) in [4.78, 5) is 36.3. The minimum absolute atomic E-state index is 0.0216. The summed E-state index contributed by atoms with van der Waals surface area (Å²) in [6.45, 7) is 11.7. The molecule has 186 valence electrons. The number of esters is 1. The standard InChI is InChI=1S/C24H37NO8/c1-7-16(5)13-29-23(27)32-20-10-9-18(11-19(25)22(26)31-15(3)4)12-21(20)33-24(28)30-14-17(6)8-2/h9-10,12,15-17,19H,7-8,11,13-14,25H2,1-6H3/t16?,17?,19-/m0/s1. The minimum Gasteiger partial charge on any atom is -0.462 e. The molecule has 1 aromatic carbocycles. The van der Waals surface area contributed by atoms with Gasteiger partial charge in [0, 0.05) is 0 Å². The van der Waals surface area contributed by atoms with E-state index in [0.717, 1.165) is 12.8 Å². The van der Waals surface area contributed by atoms with Crippen molar-refractivity contribution in [2.45, 2.75) is 73.0 Å². The van der Waals surface area contributed by atoms with Crippen molar-refractivity contribution in [3.63, 3.8) is 0 Å². The van der Waals surface area contributed by atoms with Gasteiger partial charge in [0.1, 0.15) is 6.04 Å². The molecule has 0 fully saturated rings. The van der Waals surface area contributed by atoms with Gasteiger partial charge in [-0.25, -0.2) is 9.59 Å². The first-order chi connectivity index (χ1) is 15.5. The molecule has 0 spiro atoms. The van der Waals surface area contributed by atoms with E-state index in [-0.39, 0.29) is 49.1 Å². The molecule has 9 nitrogen and oxygen atoms in total. The maximum absolute atomic E-state index is 12.2. The van der Waals surface area contributed by atoms with Gasteiger partial charge in [0.15, 0.2) is 11.5 Å². The smallest absolute Gasteiger partial charge is 0.462 e. The summed E-state index contributed by atoms with van der Waals surface area (Å²) in [6.07, 6.45) is -0.337. The van der Waals surface area contributed by atoms with Gasteiger partial charge < -0.3 is 29.4 Å². The lowest BCUT2D eigenvalue weighted by Gasteiger charge is -2.16. The molecule has 9 heteroatoms. The van der Waals surface area contributed by atoms with Crippen LogP contribution in [-0.4, -0.2) is 43.6 Å². The van der Waals surface area contributed by atoms with Crippen molar-refractivity contribution in [1.29, 1.82) is 0 Å². The van der Waals surface area contributed by atoms with Crippen molar-refractivity contribution >= 4 is 18.3 Å². The largest absolute Gasteiger partial charge is 0.513 e. The Labute approximate surface area is 195 Å². The van der Waals surface area contributed by atoms with Crippen LogP contribution in [0.25, 0.3) is 0 Å². The summed E-state index contributed by atoms with van der Waals surface area (Å²) >= 11 is 0. The molecule has 0 aromatic heterocycles. The molecule has 2 N–H and O–H groups in total. The second-order valence-electron chi connectivity index (χ2n) is 8.43. The molecule has 0 aliphatic heterocycles. The molecule has 33 heavy (non-hydrogen) atoms. The van der Waals surface area contributed by atoms with E-state index in [1.165, 1.54) is 12.1 Å². The Morgan fingerprint density at radius 3 is 1.85 bits per heavy atom. The minimum atomic E-state index is -0.936. The molecule has 0 bridgehead atoms. The lowest BCUT2D eigenvalue weighted by Crippen LogP contribution is -2.35. The summed E-state index contributed by atoms with van der Waals surface area (Å²) in [5.74, 6) is -0.272. The van der Waals surface area contributed by atoms with Crippen molar-refractivity contribution < 1.29 is 38.1 Å². The van der Waals surface area contributed by atoms with Crippen LogP contribution >= 0.6 is 0 Å². The molecule has 0 amide bonds. The van der Waals surface area contributed by atoms with Gasteiger partial charge >= 0.3 is 18.3 Å². The van der Waals surface area contributed by atoms with Crippen molar-refractivity contribution in [2.75, 3.05) is 13.2 Å². The molecule has 0 aliphatic rings. The molecule has 1 aromatic rings. The zero-order valence-electron chi connectivity index (χ0n) is 20.4. The normalized spacial score (nSPS) is 13.6. The summed E-state index contributed by atoms with van der Waals surface area (Å²) in [5.41, 5.74) is 6.51. The van der Waals surface area contributed by atoms with Gasteiger partial charge in [0.2, 0.25) is 0 Å². The fraction of sp³-hybridized carbons (Fsp3) is 0.625. The molecule has 0 radical (unpaired) electrons. The molecule has 3 atom stereocenters. The topological polar surface area (TPSA) is 123 Å². The Hall–Kier alpha value is -2.81. The predicted molar refractivity (Wildman–Crippen MR) is 122 cm³/mol. The second-order valence-corrected chi connectivity index (χ2v) is 8.43. The summed E-state index contributed by atoms with van der Waals surface area (Å²) in [6, 6.07) is 3.60. The first-order valence-corrected chi connectivity index (χ1v) is 11.3. The SMILES string of the molecule is CCC(C)COC(=O)Oc1ccc(C[C@H](N)C(=O)OC(C)C)cc1OC(=O)OCC(C)CC. The van der Waals surface area contributed by atoms with Crippen molar-refractivity contribution in [2.24, 2.45) is 17.6 Å². The van der Waals surface area contributed by atoms with Gasteiger partial charge in [0.05, 0.1) is 19.3 Å². The Bertz CT molecular complexity index is 780. The van der Waals surface area contributed by atoms with Crippen LogP contribution < -0.4 is 15.2 Å². The Balaban J connectivity index is 2.98. The first-order valence-electron chi connectivity index (χ1n) is 11.3. The number of hydrogen-bond acceptors (Lipinski definition) is 9. The lowest BCUT2D eigenvalue weighted by molar-refractivity contribution is -0.148. The number of benzene rings is 1. The van der Waals surface area contributed by atoms with Crippen LogP contribution in [0.4, 0.5) is 9.59 Å². The van der Waals surface area contributed by atoms with E-state index in [0.29, 0.717) is 5.56 Å². The number of hydrogen-bond donors (Lipinski definition) is 1. The third-order valence-corrected chi connectivity index (χ3v) is 4.87. The number of carbonyl (C=O) groups is 3. The molecule has 0 saturated heterocycles. The van der Waals surface area contributed by atoms with E-state index < -0.39 is 24.3 Å². The number of rotatable bonds is 12. The number of nitrogens with two attached hydrogens (primary N) is 1. The lowest BCUT2D eigenvalue weighted by atomic mass is 10.1. The third-order valence-electron chi connectivity index (χ3n) is 4.87. The van der Waals surface area contributed by atoms with Crippen LogP contribution in [0.3, 0.4) is 0 Å². The van der Waals surface area contributed by atoms with Gasteiger partial charge in [-0.05, 0) is 49.8 Å². The maximum atomic E-state index is 12.2. The van der Waals surface area contributed by atoms with Gasteiger partial charge in [-0.3, -0.25) is 4.79 Å². The Morgan fingerprint density at radius 2 is 1.36 bits per heavy atom. The highest BCUT2D eigenvalue weighted by Gasteiger charge is 2.21. The summed E-state index contributed by atoms with van der Waals surface area (Å²) in [5, 5.41) is 0. The quantitative estimate of drug-likeness (QED) is 0.266. The molecule has 0 aliphatic carbocycles. The zero-order valence-corrected chi connectivity index (χ0v) is 20.4. The maximum Gasteiger partial charge on any atom is 0.513 e. The monoisotopic (exact) mass is 467 g/mol. The van der Waals surface area contributed by atoms with Crippen LogP contribution in [0.1, 0.15) is 59.9 Å². The van der Waals surface area contributed by atoms with E-state index >= 15 is 0 Å². The fourth-order valence-electron chi connectivity index (χ4n) is 2.40. The van der Waals surface area contributed by atoms with Gasteiger partial charge in [-0.1, -0.05) is 46.6 Å². The van der Waals surface area contributed by atoms with Crippen molar-refractivity contribution in [3.05, 3.63) is 23.8 Å². The third kappa shape index (κ3) is 11.1. The number of carbonyl (C=O) groups excluding carboxylic acids is 3.